The third-order valence-corrected chi connectivity index (χ3v) is 7.66. The molecule has 0 radical (unpaired) electrons. The number of nitrogens with one attached hydrogen (secondary N) is 1. The van der Waals surface area contributed by atoms with Crippen LogP contribution >= 0.6 is 0 Å². The van der Waals surface area contributed by atoms with Gasteiger partial charge in [0.1, 0.15) is 25.6 Å². The van der Waals surface area contributed by atoms with Gasteiger partial charge < -0.3 is 19.5 Å². The summed E-state index contributed by atoms with van der Waals surface area (Å²) in [7, 11) is 0. The largest absolute Gasteiger partial charge is 0.489 e. The zero-order valence-corrected chi connectivity index (χ0v) is 25.7. The normalized spacial score (nSPS) is 11.6. The van der Waals surface area contributed by atoms with E-state index in [0.717, 1.165) is 60.6 Å². The lowest BCUT2D eigenvalue weighted by Gasteiger charge is -2.16. The fourth-order valence-electron chi connectivity index (χ4n) is 5.08. The Morgan fingerprint density at radius 1 is 0.500 bits per heavy atom. The molecule has 1 N–H and O–H groups in total. The van der Waals surface area contributed by atoms with E-state index in [1.54, 1.807) is 0 Å². The minimum Gasteiger partial charge on any atom is -0.489 e. The summed E-state index contributed by atoms with van der Waals surface area (Å²) >= 11 is 0. The van der Waals surface area contributed by atoms with E-state index >= 15 is 0 Å². The van der Waals surface area contributed by atoms with E-state index in [1.165, 1.54) is 16.7 Å². The molecule has 5 aromatic carbocycles. The van der Waals surface area contributed by atoms with Gasteiger partial charge in [-0.25, -0.2) is 0 Å². The topological polar surface area (TPSA) is 39.7 Å². The summed E-state index contributed by atoms with van der Waals surface area (Å²) < 4.78 is 18.4. The molecule has 1 unspecified atom stereocenters. The van der Waals surface area contributed by atoms with Crippen molar-refractivity contribution >= 4 is 0 Å². The van der Waals surface area contributed by atoms with Gasteiger partial charge in [-0.1, -0.05) is 109 Å². The van der Waals surface area contributed by atoms with Crippen LogP contribution < -0.4 is 19.5 Å². The van der Waals surface area contributed by atoms with Gasteiger partial charge in [-0.15, -0.1) is 0 Å². The molecule has 1 atom stereocenters. The Bertz CT molecular complexity index is 1510. The highest BCUT2D eigenvalue weighted by atomic mass is 16.5. The highest BCUT2D eigenvalue weighted by molar-refractivity contribution is 5.43. The minimum absolute atomic E-state index is 0.450. The van der Waals surface area contributed by atoms with Gasteiger partial charge in [0.15, 0.2) is 11.5 Å². The van der Waals surface area contributed by atoms with Gasteiger partial charge in [0, 0.05) is 6.04 Å². The maximum Gasteiger partial charge on any atom is 0.161 e. The third kappa shape index (κ3) is 10.3. The van der Waals surface area contributed by atoms with Crippen LogP contribution in [0.15, 0.2) is 133 Å². The second-order valence-corrected chi connectivity index (χ2v) is 11.2. The molecular weight excluding hydrogens is 542 g/mol. The molecule has 4 nitrogen and oxygen atoms in total. The van der Waals surface area contributed by atoms with Crippen LogP contribution in [0.4, 0.5) is 0 Å². The Morgan fingerprint density at radius 2 is 1.02 bits per heavy atom. The molecule has 0 aliphatic carbocycles. The second kappa shape index (κ2) is 16.9. The van der Waals surface area contributed by atoms with E-state index in [4.69, 9.17) is 14.2 Å². The van der Waals surface area contributed by atoms with Gasteiger partial charge in [0.05, 0.1) is 0 Å². The number of hydrogen-bond donors (Lipinski definition) is 1. The first-order chi connectivity index (χ1) is 21.7. The third-order valence-electron chi connectivity index (χ3n) is 7.66. The van der Waals surface area contributed by atoms with Crippen molar-refractivity contribution in [2.45, 2.75) is 58.5 Å². The summed E-state index contributed by atoms with van der Waals surface area (Å²) in [5.41, 5.74) is 6.03. The van der Waals surface area contributed by atoms with Crippen LogP contribution in [0.25, 0.3) is 0 Å². The molecule has 0 bridgehead atoms. The minimum atomic E-state index is 0.450. The molecule has 0 aliphatic rings. The lowest BCUT2D eigenvalue weighted by molar-refractivity contribution is 0.255. The van der Waals surface area contributed by atoms with Gasteiger partial charge in [-0.05, 0) is 91.2 Å². The molecular formula is C40H43NO3. The van der Waals surface area contributed by atoms with Crippen molar-refractivity contribution < 1.29 is 14.2 Å². The molecule has 5 aromatic rings. The maximum absolute atomic E-state index is 6.26. The number of benzene rings is 5. The number of hydrogen-bond acceptors (Lipinski definition) is 4. The van der Waals surface area contributed by atoms with E-state index in [1.807, 2.05) is 60.7 Å². The van der Waals surface area contributed by atoms with Crippen LogP contribution in [-0.4, -0.2) is 12.6 Å². The molecule has 0 spiro atoms. The summed E-state index contributed by atoms with van der Waals surface area (Å²) in [6.45, 7) is 4.79. The highest BCUT2D eigenvalue weighted by Crippen LogP contribution is 2.30. The Balaban J connectivity index is 1.05. The summed E-state index contributed by atoms with van der Waals surface area (Å²) in [6.07, 6.45) is 4.26. The fraction of sp³-hybridized carbons (Fsp3) is 0.250. The van der Waals surface area contributed by atoms with Crippen molar-refractivity contribution in [1.82, 2.24) is 5.32 Å². The van der Waals surface area contributed by atoms with Crippen molar-refractivity contribution in [1.29, 1.82) is 0 Å². The van der Waals surface area contributed by atoms with Crippen molar-refractivity contribution in [2.24, 2.45) is 0 Å². The molecule has 0 aromatic heterocycles. The number of ether oxygens (including phenoxy) is 3. The van der Waals surface area contributed by atoms with E-state index in [2.05, 4.69) is 85.0 Å². The molecule has 0 amide bonds. The summed E-state index contributed by atoms with van der Waals surface area (Å²) in [6, 6.07) is 46.0. The predicted octanol–water partition coefficient (Wildman–Crippen LogP) is 8.97. The van der Waals surface area contributed by atoms with Gasteiger partial charge in [-0.3, -0.25) is 0 Å². The molecule has 0 saturated carbocycles. The van der Waals surface area contributed by atoms with Gasteiger partial charge in [0.25, 0.3) is 0 Å². The van der Waals surface area contributed by atoms with Gasteiger partial charge in [-0.2, -0.15) is 0 Å². The fourth-order valence-corrected chi connectivity index (χ4v) is 5.08. The predicted molar refractivity (Wildman–Crippen MR) is 179 cm³/mol. The first kappa shape index (κ1) is 30.9. The quantitative estimate of drug-likeness (QED) is 0.118. The van der Waals surface area contributed by atoms with E-state index in [9.17, 15) is 0 Å². The molecule has 5 rings (SSSR count). The van der Waals surface area contributed by atoms with Crippen molar-refractivity contribution in [3.8, 4) is 17.2 Å². The van der Waals surface area contributed by atoms with Crippen molar-refractivity contribution in [3.63, 3.8) is 0 Å². The first-order valence-corrected chi connectivity index (χ1v) is 15.7. The lowest BCUT2D eigenvalue weighted by Crippen LogP contribution is -2.28. The number of rotatable bonds is 17. The Labute approximate surface area is 262 Å². The molecule has 226 valence electrons. The van der Waals surface area contributed by atoms with Crippen LogP contribution in [0.2, 0.25) is 0 Å². The summed E-state index contributed by atoms with van der Waals surface area (Å²) in [5.74, 6) is 2.47. The average Bonchev–Trinajstić information content (AvgIpc) is 3.08. The summed E-state index contributed by atoms with van der Waals surface area (Å²) in [5, 5.41) is 3.71. The van der Waals surface area contributed by atoms with Crippen LogP contribution in [0.1, 0.15) is 47.6 Å². The van der Waals surface area contributed by atoms with Crippen LogP contribution in [0, 0.1) is 0 Å². The molecule has 0 aliphatic heterocycles. The zero-order valence-electron chi connectivity index (χ0n) is 25.7. The standard InChI is InChI=1S/C40H43NO3/c1-32(12-11-19-33-20-23-38(24-21-33)42-29-35-13-5-2-6-14-35)41-27-26-34-22-25-39(43-30-36-15-7-3-8-16-36)40(28-34)44-31-37-17-9-4-10-18-37/h2-10,13-18,20-25,28,32,41H,11-12,19,26-27,29-31H2,1H3. The van der Waals surface area contributed by atoms with Crippen LogP contribution in [0.5, 0.6) is 17.2 Å². The van der Waals surface area contributed by atoms with Gasteiger partial charge in [0.2, 0.25) is 0 Å². The van der Waals surface area contributed by atoms with E-state index < -0.39 is 0 Å². The maximum atomic E-state index is 6.26. The SMILES string of the molecule is CC(CCCc1ccc(OCc2ccccc2)cc1)NCCc1ccc(OCc2ccccc2)c(OCc2ccccc2)c1. The molecule has 4 heteroatoms. The number of aryl methyl sites for hydroxylation is 1. The molecule has 0 fully saturated rings. The highest BCUT2D eigenvalue weighted by Gasteiger charge is 2.10. The molecule has 44 heavy (non-hydrogen) atoms. The van der Waals surface area contributed by atoms with E-state index in [0.29, 0.717) is 25.9 Å². The monoisotopic (exact) mass is 585 g/mol. The van der Waals surface area contributed by atoms with Crippen molar-refractivity contribution in [3.05, 3.63) is 161 Å². The second-order valence-electron chi connectivity index (χ2n) is 11.2. The Hall–Kier alpha value is -4.54. The first-order valence-electron chi connectivity index (χ1n) is 15.7. The van der Waals surface area contributed by atoms with Crippen LogP contribution in [0.3, 0.4) is 0 Å². The molecule has 0 saturated heterocycles. The van der Waals surface area contributed by atoms with Gasteiger partial charge >= 0.3 is 0 Å². The Morgan fingerprint density at radius 3 is 1.61 bits per heavy atom. The van der Waals surface area contributed by atoms with Crippen LogP contribution in [-0.2, 0) is 32.7 Å². The molecule has 0 heterocycles. The smallest absolute Gasteiger partial charge is 0.161 e. The average molecular weight is 586 g/mol. The van der Waals surface area contributed by atoms with Crippen molar-refractivity contribution in [2.75, 3.05) is 6.54 Å². The van der Waals surface area contributed by atoms with E-state index in [-0.39, 0.29) is 0 Å². The lowest BCUT2D eigenvalue weighted by atomic mass is 10.0. The summed E-state index contributed by atoms with van der Waals surface area (Å²) in [4.78, 5) is 0. The Kier molecular flexibility index (Phi) is 11.9. The zero-order chi connectivity index (χ0) is 30.2.